The van der Waals surface area contributed by atoms with Gasteiger partial charge >= 0.3 is 0 Å². The fourth-order valence-electron chi connectivity index (χ4n) is 4.35. The van der Waals surface area contributed by atoms with Crippen LogP contribution in [0, 0.1) is 0 Å². The summed E-state index contributed by atoms with van der Waals surface area (Å²) < 4.78 is 0. The van der Waals surface area contributed by atoms with Gasteiger partial charge in [-0.25, -0.2) is 4.98 Å². The van der Waals surface area contributed by atoms with E-state index in [1.54, 1.807) is 18.2 Å². The lowest BCUT2D eigenvalue weighted by Gasteiger charge is -2.27. The van der Waals surface area contributed by atoms with Crippen molar-refractivity contribution < 1.29 is 19.5 Å². The molecule has 0 saturated carbocycles. The molecule has 41 heavy (non-hydrogen) atoms. The second-order valence-electron chi connectivity index (χ2n) is 9.68. The normalized spacial score (nSPS) is 13.2. The van der Waals surface area contributed by atoms with Gasteiger partial charge in [0.15, 0.2) is 0 Å². The number of aliphatic hydroxyl groups excluding tert-OH is 1. The highest BCUT2D eigenvalue weighted by Gasteiger charge is 2.29. The minimum atomic E-state index is -1.26. The molecule has 0 saturated heterocycles. The summed E-state index contributed by atoms with van der Waals surface area (Å²) >= 11 is 0. The smallest absolute Gasteiger partial charge is 0.270 e. The van der Waals surface area contributed by atoms with Crippen molar-refractivity contribution in [2.75, 3.05) is 6.54 Å². The molecule has 0 radical (unpaired) electrons. The van der Waals surface area contributed by atoms with Crippen LogP contribution in [0.2, 0.25) is 0 Å². The largest absolute Gasteiger partial charge is 0.390 e. The van der Waals surface area contributed by atoms with E-state index in [1.807, 2.05) is 78.9 Å². The second-order valence-corrected chi connectivity index (χ2v) is 9.68. The third-order valence-electron chi connectivity index (χ3n) is 6.52. The van der Waals surface area contributed by atoms with Crippen LogP contribution in [0.4, 0.5) is 0 Å². The van der Waals surface area contributed by atoms with E-state index >= 15 is 0 Å². The first kappa shape index (κ1) is 29.3. The number of pyridine rings is 1. The number of nitrogens with zero attached hydrogens (tertiary/aromatic N) is 1. The van der Waals surface area contributed by atoms with Crippen molar-refractivity contribution in [2.45, 2.75) is 37.6 Å². The number of rotatable bonds is 14. The summed E-state index contributed by atoms with van der Waals surface area (Å²) in [5, 5.41) is 17.3. The summed E-state index contributed by atoms with van der Waals surface area (Å²) in [5.74, 6) is -2.02. The van der Waals surface area contributed by atoms with E-state index in [0.29, 0.717) is 18.5 Å². The summed E-state index contributed by atoms with van der Waals surface area (Å²) in [6, 6.07) is 27.8. The molecule has 3 amide bonds. The van der Waals surface area contributed by atoms with Crippen LogP contribution in [0.1, 0.15) is 28.0 Å². The Morgan fingerprint density at radius 3 is 2.15 bits per heavy atom. The molecule has 0 fully saturated rings. The summed E-state index contributed by atoms with van der Waals surface area (Å²) in [6.45, 7) is 0.664. The molecule has 7 N–H and O–H groups in total. The molecule has 3 aromatic carbocycles. The molecule has 1 aromatic heterocycles. The molecule has 3 atom stereocenters. The number of fused-ring (bicyclic) bond motifs is 1. The fourth-order valence-corrected chi connectivity index (χ4v) is 4.35. The number of nitrogens with one attached hydrogen (secondary N) is 4. The van der Waals surface area contributed by atoms with E-state index in [-0.39, 0.29) is 12.2 Å². The quantitative estimate of drug-likeness (QED) is 0.102. The molecule has 0 aliphatic carbocycles. The zero-order valence-electron chi connectivity index (χ0n) is 22.5. The van der Waals surface area contributed by atoms with Gasteiger partial charge in [-0.15, -0.1) is 0 Å². The van der Waals surface area contributed by atoms with Crippen LogP contribution >= 0.6 is 0 Å². The lowest BCUT2D eigenvalue weighted by atomic mass is 10.00. The van der Waals surface area contributed by atoms with Crippen molar-refractivity contribution in [1.82, 2.24) is 26.5 Å². The molecule has 10 nitrogen and oxygen atoms in total. The van der Waals surface area contributed by atoms with E-state index in [2.05, 4.69) is 26.5 Å². The van der Waals surface area contributed by atoms with Crippen molar-refractivity contribution in [1.29, 1.82) is 0 Å². The Labute approximate surface area is 238 Å². The summed E-state index contributed by atoms with van der Waals surface area (Å²) in [7, 11) is 0. The number of hydrogen-bond acceptors (Lipinski definition) is 7. The first-order chi connectivity index (χ1) is 19.9. The van der Waals surface area contributed by atoms with Gasteiger partial charge in [0.2, 0.25) is 11.8 Å². The Morgan fingerprint density at radius 1 is 0.780 bits per heavy atom. The highest BCUT2D eigenvalue weighted by molar-refractivity contribution is 5.99. The molecule has 0 spiro atoms. The third kappa shape index (κ3) is 8.94. The summed E-state index contributed by atoms with van der Waals surface area (Å²) in [6.07, 6.45) is -1.11. The van der Waals surface area contributed by atoms with Gasteiger partial charge < -0.3 is 21.5 Å². The minimum absolute atomic E-state index is 0.0977. The molecule has 0 aliphatic heterocycles. The van der Waals surface area contributed by atoms with Crippen LogP contribution in [-0.4, -0.2) is 52.5 Å². The lowest BCUT2D eigenvalue weighted by Crippen LogP contribution is -2.56. The number of carbonyl (C=O) groups excluding carboxylic acids is 3. The van der Waals surface area contributed by atoms with Crippen LogP contribution in [0.5, 0.6) is 0 Å². The van der Waals surface area contributed by atoms with E-state index in [9.17, 15) is 19.5 Å². The van der Waals surface area contributed by atoms with E-state index in [1.165, 1.54) is 0 Å². The van der Waals surface area contributed by atoms with Crippen molar-refractivity contribution >= 4 is 28.6 Å². The molecule has 4 rings (SSSR count). The number of aromatic nitrogens is 1. The average molecular weight is 555 g/mol. The third-order valence-corrected chi connectivity index (χ3v) is 6.52. The number of nitrogens with two attached hydrogens (primary N) is 1. The van der Waals surface area contributed by atoms with Crippen LogP contribution in [-0.2, 0) is 22.6 Å². The molecule has 4 aromatic rings. The molecule has 0 bridgehead atoms. The van der Waals surface area contributed by atoms with Gasteiger partial charge in [-0.1, -0.05) is 84.9 Å². The van der Waals surface area contributed by atoms with Gasteiger partial charge in [-0.2, -0.15) is 0 Å². The van der Waals surface area contributed by atoms with Gasteiger partial charge in [0.05, 0.1) is 24.1 Å². The fraction of sp³-hybridized carbons (Fsp3) is 0.226. The lowest BCUT2D eigenvalue weighted by molar-refractivity contribution is -0.128. The monoisotopic (exact) mass is 554 g/mol. The number of hydrazine groups is 1. The Balaban J connectivity index is 1.43. The number of primary amides is 1. The van der Waals surface area contributed by atoms with Gasteiger partial charge in [0.25, 0.3) is 5.91 Å². The van der Waals surface area contributed by atoms with Crippen molar-refractivity contribution in [3.05, 3.63) is 114 Å². The Hall–Kier alpha value is -4.64. The molecule has 0 aliphatic rings. The first-order valence-corrected chi connectivity index (χ1v) is 13.4. The number of benzene rings is 3. The van der Waals surface area contributed by atoms with E-state index in [4.69, 9.17) is 5.73 Å². The maximum absolute atomic E-state index is 13.4. The predicted molar refractivity (Wildman–Crippen MR) is 156 cm³/mol. The Morgan fingerprint density at radius 2 is 1.44 bits per heavy atom. The zero-order valence-corrected chi connectivity index (χ0v) is 22.5. The number of amides is 3. The maximum atomic E-state index is 13.4. The van der Waals surface area contributed by atoms with Gasteiger partial charge in [-0.05, 0) is 29.7 Å². The van der Waals surface area contributed by atoms with Crippen LogP contribution in [0.3, 0.4) is 0 Å². The van der Waals surface area contributed by atoms with Crippen molar-refractivity contribution in [3.63, 3.8) is 0 Å². The van der Waals surface area contributed by atoms with Gasteiger partial charge in [-0.3, -0.25) is 25.2 Å². The van der Waals surface area contributed by atoms with E-state index < -0.39 is 42.3 Å². The Bertz CT molecular complexity index is 1450. The number of para-hydroxylation sites is 1. The van der Waals surface area contributed by atoms with E-state index in [0.717, 1.165) is 16.5 Å². The summed E-state index contributed by atoms with van der Waals surface area (Å²) in [4.78, 5) is 42.6. The van der Waals surface area contributed by atoms with Crippen molar-refractivity contribution in [3.8, 4) is 0 Å². The topological polar surface area (TPSA) is 158 Å². The zero-order chi connectivity index (χ0) is 29.0. The minimum Gasteiger partial charge on any atom is -0.390 e. The predicted octanol–water partition coefficient (Wildman–Crippen LogP) is 1.59. The molecule has 1 heterocycles. The number of carbonyl (C=O) groups is 3. The number of hydrogen-bond donors (Lipinski definition) is 6. The van der Waals surface area contributed by atoms with Crippen LogP contribution in [0.25, 0.3) is 10.9 Å². The highest BCUT2D eigenvalue weighted by Crippen LogP contribution is 2.12. The summed E-state index contributed by atoms with van der Waals surface area (Å²) in [5.41, 5.74) is 14.1. The van der Waals surface area contributed by atoms with Gasteiger partial charge in [0.1, 0.15) is 11.7 Å². The highest BCUT2D eigenvalue weighted by atomic mass is 16.3. The first-order valence-electron chi connectivity index (χ1n) is 13.4. The SMILES string of the molecule is NC(=O)C[C@H](NC(=O)c1ccc2ccccc2n1)C(=O)NC(Cc1ccccc1)C(O)CNNCc1ccccc1. The van der Waals surface area contributed by atoms with Crippen LogP contribution in [0.15, 0.2) is 97.1 Å². The molecular formula is C31H34N6O4. The molecular weight excluding hydrogens is 520 g/mol. The van der Waals surface area contributed by atoms with Crippen LogP contribution < -0.4 is 27.2 Å². The molecule has 10 heteroatoms. The molecule has 2 unspecified atom stereocenters. The molecule has 212 valence electrons. The number of aliphatic hydroxyl groups is 1. The Kier molecular flexibility index (Phi) is 10.5. The second kappa shape index (κ2) is 14.7. The maximum Gasteiger partial charge on any atom is 0.270 e. The van der Waals surface area contributed by atoms with Gasteiger partial charge in [0, 0.05) is 18.5 Å². The standard InChI is InChI=1S/C31H34N6O4/c32-29(39)18-27(37-30(40)25-16-15-23-13-7-8-14-24(23)35-25)31(41)36-26(17-21-9-3-1-4-10-21)28(38)20-34-33-19-22-11-5-2-6-12-22/h1-16,26-28,33-34,38H,17-20H2,(H2,32,39)(H,36,41)(H,37,40)/t26?,27-,28?/m0/s1. The average Bonchev–Trinajstić information content (AvgIpc) is 2.99. The van der Waals surface area contributed by atoms with Crippen molar-refractivity contribution in [2.24, 2.45) is 5.73 Å².